The van der Waals surface area contributed by atoms with Gasteiger partial charge in [-0.1, -0.05) is 12.8 Å². The van der Waals surface area contributed by atoms with Gasteiger partial charge in [-0.15, -0.1) is 0 Å². The second-order valence-electron chi connectivity index (χ2n) is 18.3. The molecule has 7 aromatic rings. The summed E-state index contributed by atoms with van der Waals surface area (Å²) < 4.78 is 36.1. The van der Waals surface area contributed by atoms with Gasteiger partial charge in [-0.05, 0) is 111 Å². The molecule has 0 aliphatic heterocycles. The molecule has 0 unspecified atom stereocenters. The lowest BCUT2D eigenvalue weighted by Gasteiger charge is -2.16. The van der Waals surface area contributed by atoms with Gasteiger partial charge in [0.25, 0.3) is 0 Å². The fourth-order valence-corrected chi connectivity index (χ4v) is 7.99. The highest BCUT2D eigenvalue weighted by Crippen LogP contribution is 2.45. The standard InChI is InChI=1S/C56H42O29/c57-29-7-21(8-30(58)43(29)65)51(73)80-38-16-23(10-32(60)45(38)67)53(75)82-40-18-25(12-34(62)47(40)69)55(77)84-42-20-27(14-36(64)49(42)71)56(78)85-41-19-26(13-35(63)48(41)70)54(76)83-39-17-24(11-33(61)46(39)68)52(74)81-37-15-22(9-31(59)44(37)66)50(72)79-28-5-3-1-2-4-6-28/h7-20,28,57-71H,1-6H2. The summed E-state index contributed by atoms with van der Waals surface area (Å²) in [5, 5.41) is 155. The number of aromatic hydroxyl groups is 15. The van der Waals surface area contributed by atoms with Crippen molar-refractivity contribution < 1.29 is 143 Å². The number of phenols is 15. The Morgan fingerprint density at radius 2 is 0.424 bits per heavy atom. The van der Waals surface area contributed by atoms with Crippen molar-refractivity contribution in [3.05, 3.63) is 124 Å². The van der Waals surface area contributed by atoms with Gasteiger partial charge in [0.2, 0.25) is 34.5 Å². The number of hydrogen-bond donors (Lipinski definition) is 15. The number of hydrogen-bond acceptors (Lipinski definition) is 29. The summed E-state index contributed by atoms with van der Waals surface area (Å²) in [6.07, 6.45) is 4.32. The molecule has 0 bridgehead atoms. The summed E-state index contributed by atoms with van der Waals surface area (Å²) in [5.41, 5.74) is -4.67. The zero-order chi connectivity index (χ0) is 61.9. The Hall–Kier alpha value is -12.2. The van der Waals surface area contributed by atoms with Crippen LogP contribution in [0, 0.1) is 0 Å². The van der Waals surface area contributed by atoms with Crippen molar-refractivity contribution >= 4 is 41.8 Å². The first-order valence-corrected chi connectivity index (χ1v) is 24.3. The molecule has 15 N–H and O–H groups in total. The average Bonchev–Trinajstić information content (AvgIpc) is 3.86. The van der Waals surface area contributed by atoms with Crippen LogP contribution in [-0.2, 0) is 4.74 Å². The van der Waals surface area contributed by atoms with Crippen LogP contribution in [0.4, 0.5) is 0 Å². The van der Waals surface area contributed by atoms with Crippen molar-refractivity contribution in [2.45, 2.75) is 44.6 Å². The van der Waals surface area contributed by atoms with E-state index < -0.39 is 202 Å². The van der Waals surface area contributed by atoms with Gasteiger partial charge in [-0.25, -0.2) is 33.6 Å². The highest BCUT2D eigenvalue weighted by atomic mass is 16.6. The molecule has 0 saturated heterocycles. The molecule has 440 valence electrons. The summed E-state index contributed by atoms with van der Waals surface area (Å²) in [5.74, 6) is -32.0. The summed E-state index contributed by atoms with van der Waals surface area (Å²) in [6, 6.07) is 9.03. The minimum atomic E-state index is -1.59. The van der Waals surface area contributed by atoms with E-state index in [9.17, 15) is 110 Å². The Bertz CT molecular complexity index is 3910. The van der Waals surface area contributed by atoms with E-state index in [2.05, 4.69) is 0 Å². The molecule has 8 rings (SSSR count). The Kier molecular flexibility index (Phi) is 16.6. The Morgan fingerprint density at radius 1 is 0.247 bits per heavy atom. The van der Waals surface area contributed by atoms with Gasteiger partial charge >= 0.3 is 41.8 Å². The SMILES string of the molecule is O=C(Oc1cc(C(=O)Oc2cc(C(=O)Oc3cc(C(=O)Oc4cc(C(=O)Oc5cc(C(=O)Oc6cc(C(=O)OC7CCCCCC7)cc(O)c6O)cc(O)c5O)cc(O)c4O)cc(O)c3O)cc(O)c2O)cc(O)c1O)c1cc(O)c(O)c(O)c1. The van der Waals surface area contributed by atoms with Gasteiger partial charge in [-0.2, -0.15) is 0 Å². The van der Waals surface area contributed by atoms with Crippen molar-refractivity contribution in [3.8, 4) is 121 Å². The molecule has 0 spiro atoms. The van der Waals surface area contributed by atoms with Crippen molar-refractivity contribution in [1.29, 1.82) is 0 Å². The van der Waals surface area contributed by atoms with Crippen LogP contribution in [0.1, 0.15) is 111 Å². The number of carbonyl (C=O) groups is 7. The molecular formula is C56H42O29. The molecule has 1 aliphatic rings. The minimum absolute atomic E-state index is 0.306. The third-order valence-electron chi connectivity index (χ3n) is 12.3. The zero-order valence-corrected chi connectivity index (χ0v) is 42.8. The van der Waals surface area contributed by atoms with E-state index in [1.165, 1.54) is 0 Å². The molecule has 29 heteroatoms. The Balaban J connectivity index is 0.955. The van der Waals surface area contributed by atoms with Gasteiger partial charge in [-0.3, -0.25) is 0 Å². The number of carbonyl (C=O) groups excluding carboxylic acids is 7. The smallest absolute Gasteiger partial charge is 0.343 e. The summed E-state index contributed by atoms with van der Waals surface area (Å²) in [4.78, 5) is 92.6. The topological polar surface area (TPSA) is 488 Å². The van der Waals surface area contributed by atoms with E-state index >= 15 is 0 Å². The average molecular weight is 1180 g/mol. The number of benzene rings is 7. The van der Waals surface area contributed by atoms with Gasteiger partial charge in [0.05, 0.1) is 38.9 Å². The van der Waals surface area contributed by atoms with Gasteiger partial charge in [0.15, 0.2) is 86.2 Å². The van der Waals surface area contributed by atoms with Crippen molar-refractivity contribution in [2.24, 2.45) is 0 Å². The maximum Gasteiger partial charge on any atom is 0.343 e. The normalized spacial score (nSPS) is 12.2. The molecule has 29 nitrogen and oxygen atoms in total. The van der Waals surface area contributed by atoms with E-state index in [1.54, 1.807) is 0 Å². The number of ether oxygens (including phenoxy) is 7. The van der Waals surface area contributed by atoms with Crippen LogP contribution in [0.3, 0.4) is 0 Å². The molecule has 0 atom stereocenters. The summed E-state index contributed by atoms with van der Waals surface area (Å²) in [6.45, 7) is 0. The predicted molar refractivity (Wildman–Crippen MR) is 277 cm³/mol. The Labute approximate surface area is 473 Å². The fourth-order valence-electron chi connectivity index (χ4n) is 7.99. The van der Waals surface area contributed by atoms with Crippen LogP contribution in [0.25, 0.3) is 0 Å². The third-order valence-corrected chi connectivity index (χ3v) is 12.3. The monoisotopic (exact) mass is 1180 g/mol. The maximum atomic E-state index is 13.5. The lowest BCUT2D eigenvalue weighted by molar-refractivity contribution is 0.0264. The number of esters is 7. The third kappa shape index (κ3) is 12.9. The summed E-state index contributed by atoms with van der Waals surface area (Å²) in [7, 11) is 0. The quantitative estimate of drug-likeness (QED) is 0.0240. The zero-order valence-electron chi connectivity index (χ0n) is 42.8. The molecular weight excluding hydrogens is 1140 g/mol. The molecule has 1 fully saturated rings. The first-order chi connectivity index (χ1) is 40.2. The van der Waals surface area contributed by atoms with E-state index in [-0.39, 0.29) is 5.56 Å². The van der Waals surface area contributed by atoms with Gasteiger partial charge in [0, 0.05) is 0 Å². The molecule has 1 aliphatic carbocycles. The molecule has 85 heavy (non-hydrogen) atoms. The van der Waals surface area contributed by atoms with E-state index in [4.69, 9.17) is 33.2 Å². The van der Waals surface area contributed by atoms with Crippen LogP contribution in [0.15, 0.2) is 84.9 Å². The number of rotatable bonds is 14. The fraction of sp³-hybridized carbons (Fsp3) is 0.125. The Morgan fingerprint density at radius 3 is 0.635 bits per heavy atom. The molecule has 0 heterocycles. The first-order valence-electron chi connectivity index (χ1n) is 24.3. The molecule has 0 amide bonds. The van der Waals surface area contributed by atoms with Gasteiger partial charge < -0.3 is 110 Å². The summed E-state index contributed by atoms with van der Waals surface area (Å²) >= 11 is 0. The highest BCUT2D eigenvalue weighted by Gasteiger charge is 2.29. The van der Waals surface area contributed by atoms with Crippen LogP contribution < -0.4 is 28.4 Å². The van der Waals surface area contributed by atoms with Crippen molar-refractivity contribution in [3.63, 3.8) is 0 Å². The lowest BCUT2D eigenvalue weighted by Crippen LogP contribution is -2.18. The highest BCUT2D eigenvalue weighted by molar-refractivity contribution is 6.00. The van der Waals surface area contributed by atoms with Crippen LogP contribution in [0.5, 0.6) is 121 Å². The van der Waals surface area contributed by atoms with E-state index in [0.717, 1.165) is 37.8 Å². The van der Waals surface area contributed by atoms with Crippen molar-refractivity contribution in [2.75, 3.05) is 0 Å². The first kappa shape index (κ1) is 59.0. The van der Waals surface area contributed by atoms with Crippen molar-refractivity contribution in [1.82, 2.24) is 0 Å². The van der Waals surface area contributed by atoms with Crippen LogP contribution in [0.2, 0.25) is 0 Å². The molecule has 0 aromatic heterocycles. The molecule has 7 aromatic carbocycles. The predicted octanol–water partition coefficient (Wildman–Crippen LogP) is 6.47. The minimum Gasteiger partial charge on any atom is -0.504 e. The lowest BCUT2D eigenvalue weighted by atomic mass is 10.1. The number of phenolic OH excluding ortho intramolecular Hbond substituents is 15. The second kappa shape index (κ2) is 23.9. The van der Waals surface area contributed by atoms with Crippen LogP contribution >= 0.6 is 0 Å². The largest absolute Gasteiger partial charge is 0.504 e. The van der Waals surface area contributed by atoms with Gasteiger partial charge in [0.1, 0.15) is 6.10 Å². The molecule has 0 radical (unpaired) electrons. The maximum absolute atomic E-state index is 13.5. The molecule has 1 saturated carbocycles. The van der Waals surface area contributed by atoms with E-state index in [1.807, 2.05) is 0 Å². The van der Waals surface area contributed by atoms with Crippen LogP contribution in [-0.4, -0.2) is 124 Å². The second-order valence-corrected chi connectivity index (χ2v) is 18.3. The van der Waals surface area contributed by atoms with E-state index in [0.29, 0.717) is 85.6 Å².